The molecule has 6 nitrogen and oxygen atoms in total. The highest BCUT2D eigenvalue weighted by atomic mass is 15.2. The fourth-order valence-corrected chi connectivity index (χ4v) is 3.45. The molecule has 1 aliphatic rings. The number of aliphatic imine (C=N–C) groups is 1. The summed E-state index contributed by atoms with van der Waals surface area (Å²) < 4.78 is 0. The molecule has 0 unspecified atom stereocenters. The van der Waals surface area contributed by atoms with Crippen LogP contribution in [0.4, 0.5) is 5.82 Å². The van der Waals surface area contributed by atoms with Crippen molar-refractivity contribution in [3.05, 3.63) is 59.3 Å². The van der Waals surface area contributed by atoms with Gasteiger partial charge in [0.1, 0.15) is 5.82 Å². The van der Waals surface area contributed by atoms with Crippen LogP contribution in [0, 0.1) is 0 Å². The second kappa shape index (κ2) is 10.8. The number of hydrogen-bond acceptors (Lipinski definition) is 4. The van der Waals surface area contributed by atoms with E-state index in [4.69, 9.17) is 4.99 Å². The maximum absolute atomic E-state index is 4.74. The summed E-state index contributed by atoms with van der Waals surface area (Å²) in [5, 5.41) is 6.70. The third-order valence-corrected chi connectivity index (χ3v) is 5.08. The molecule has 0 bridgehead atoms. The number of anilines is 1. The Kier molecular flexibility index (Phi) is 7.87. The van der Waals surface area contributed by atoms with Gasteiger partial charge in [0.05, 0.1) is 18.8 Å². The van der Waals surface area contributed by atoms with Crippen LogP contribution in [0.15, 0.2) is 47.5 Å². The van der Waals surface area contributed by atoms with Gasteiger partial charge in [0, 0.05) is 27.2 Å². The Hall–Kier alpha value is -2.60. The van der Waals surface area contributed by atoms with Crippen LogP contribution >= 0.6 is 0 Å². The van der Waals surface area contributed by atoms with Crippen LogP contribution in [-0.4, -0.2) is 49.6 Å². The summed E-state index contributed by atoms with van der Waals surface area (Å²) in [7, 11) is 4.00. The number of nitrogens with one attached hydrogen (secondary N) is 2. The number of likely N-dealkylation sites (tertiary alicyclic amines) is 1. The smallest absolute Gasteiger partial charge is 0.191 e. The van der Waals surface area contributed by atoms with E-state index in [2.05, 4.69) is 51.7 Å². The van der Waals surface area contributed by atoms with Crippen molar-refractivity contribution in [1.29, 1.82) is 0 Å². The van der Waals surface area contributed by atoms with Crippen molar-refractivity contribution in [2.75, 3.05) is 38.6 Å². The van der Waals surface area contributed by atoms with Crippen LogP contribution in [-0.2, 0) is 19.6 Å². The predicted octanol–water partition coefficient (Wildman–Crippen LogP) is 3.00. The Morgan fingerprint density at radius 2 is 1.76 bits per heavy atom. The third-order valence-electron chi connectivity index (χ3n) is 5.08. The molecule has 0 spiro atoms. The molecule has 1 aromatic carbocycles. The van der Waals surface area contributed by atoms with E-state index in [0.717, 1.165) is 30.6 Å². The first-order valence-electron chi connectivity index (χ1n) is 10.6. The van der Waals surface area contributed by atoms with Gasteiger partial charge in [-0.25, -0.2) is 9.98 Å². The molecule has 2 aromatic rings. The minimum atomic E-state index is 0.641. The molecule has 6 heteroatoms. The number of guanidine groups is 1. The van der Waals surface area contributed by atoms with E-state index >= 15 is 0 Å². The second-order valence-electron chi connectivity index (χ2n) is 7.73. The summed E-state index contributed by atoms with van der Waals surface area (Å²) in [6.45, 7) is 7.73. The largest absolute Gasteiger partial charge is 0.363 e. The molecule has 0 amide bonds. The highest BCUT2D eigenvalue weighted by Gasteiger charge is 2.11. The van der Waals surface area contributed by atoms with Crippen molar-refractivity contribution >= 4 is 11.8 Å². The van der Waals surface area contributed by atoms with Gasteiger partial charge in [0.2, 0.25) is 0 Å². The minimum absolute atomic E-state index is 0.641. The highest BCUT2D eigenvalue weighted by Crippen LogP contribution is 2.13. The van der Waals surface area contributed by atoms with E-state index in [9.17, 15) is 0 Å². The van der Waals surface area contributed by atoms with Gasteiger partial charge >= 0.3 is 0 Å². The van der Waals surface area contributed by atoms with Crippen molar-refractivity contribution in [3.8, 4) is 0 Å². The fraction of sp³-hybridized carbons (Fsp3) is 0.478. The van der Waals surface area contributed by atoms with E-state index < -0.39 is 0 Å². The zero-order valence-corrected chi connectivity index (χ0v) is 18.0. The first-order valence-corrected chi connectivity index (χ1v) is 10.6. The van der Waals surface area contributed by atoms with Crippen molar-refractivity contribution in [2.24, 2.45) is 4.99 Å². The molecule has 0 atom stereocenters. The van der Waals surface area contributed by atoms with E-state index in [-0.39, 0.29) is 0 Å². The molecule has 0 radical (unpaired) electrons. The lowest BCUT2D eigenvalue weighted by molar-refractivity contribution is 0.331. The molecule has 0 aliphatic carbocycles. The van der Waals surface area contributed by atoms with Gasteiger partial charge in [-0.1, -0.05) is 30.3 Å². The topological polar surface area (TPSA) is 55.8 Å². The Morgan fingerprint density at radius 1 is 1.03 bits per heavy atom. The molecule has 1 fully saturated rings. The quantitative estimate of drug-likeness (QED) is 0.532. The molecule has 1 saturated heterocycles. The molecular weight excluding hydrogens is 360 g/mol. The summed E-state index contributed by atoms with van der Waals surface area (Å²) in [6.07, 6.45) is 2.67. The van der Waals surface area contributed by atoms with Crippen LogP contribution < -0.4 is 15.5 Å². The van der Waals surface area contributed by atoms with Gasteiger partial charge in [0.25, 0.3) is 0 Å². The molecule has 1 aliphatic heterocycles. The molecular formula is C23H34N6. The SMILES string of the molecule is CCNC(=NCc1ccc(CN2CCCC2)cc1)NCc1cccc(N(C)C)n1. The monoisotopic (exact) mass is 394 g/mol. The normalized spacial score (nSPS) is 14.8. The second-order valence-corrected chi connectivity index (χ2v) is 7.73. The number of rotatable bonds is 8. The van der Waals surface area contributed by atoms with Gasteiger partial charge < -0.3 is 15.5 Å². The highest BCUT2D eigenvalue weighted by molar-refractivity contribution is 5.79. The first-order chi connectivity index (χ1) is 14.1. The fourth-order valence-electron chi connectivity index (χ4n) is 3.45. The van der Waals surface area contributed by atoms with Crippen LogP contribution in [0.2, 0.25) is 0 Å². The number of benzene rings is 1. The van der Waals surface area contributed by atoms with Crippen LogP contribution in [0.3, 0.4) is 0 Å². The standard InChI is InChI=1S/C23H34N6/c1-4-24-23(26-17-21-8-7-9-22(27-21)28(2)3)25-16-19-10-12-20(13-11-19)18-29-14-5-6-15-29/h7-13H,4-6,14-18H2,1-3H3,(H2,24,25,26). The first kappa shape index (κ1) is 21.1. The lowest BCUT2D eigenvalue weighted by Gasteiger charge is -2.15. The van der Waals surface area contributed by atoms with Gasteiger partial charge in [0.15, 0.2) is 5.96 Å². The van der Waals surface area contributed by atoms with Crippen LogP contribution in [0.1, 0.15) is 36.6 Å². The summed E-state index contributed by atoms with van der Waals surface area (Å²) in [5.74, 6) is 1.77. The predicted molar refractivity (Wildman–Crippen MR) is 121 cm³/mol. The van der Waals surface area contributed by atoms with E-state index in [0.29, 0.717) is 13.1 Å². The molecule has 29 heavy (non-hydrogen) atoms. The molecule has 0 saturated carbocycles. The molecule has 2 heterocycles. The van der Waals surface area contributed by atoms with Crippen molar-refractivity contribution < 1.29 is 0 Å². The zero-order valence-electron chi connectivity index (χ0n) is 18.0. The summed E-state index contributed by atoms with van der Waals surface area (Å²) in [5.41, 5.74) is 3.60. The van der Waals surface area contributed by atoms with Gasteiger partial charge in [-0.2, -0.15) is 0 Å². The van der Waals surface area contributed by atoms with Crippen LogP contribution in [0.5, 0.6) is 0 Å². The summed E-state index contributed by atoms with van der Waals surface area (Å²) >= 11 is 0. The lowest BCUT2D eigenvalue weighted by Crippen LogP contribution is -2.37. The van der Waals surface area contributed by atoms with E-state index in [1.807, 2.05) is 37.2 Å². The van der Waals surface area contributed by atoms with E-state index in [1.165, 1.54) is 37.1 Å². The third kappa shape index (κ3) is 6.75. The Labute approximate surface area is 175 Å². The number of nitrogens with zero attached hydrogens (tertiary/aromatic N) is 4. The number of aromatic nitrogens is 1. The van der Waals surface area contributed by atoms with Crippen molar-refractivity contribution in [1.82, 2.24) is 20.5 Å². The van der Waals surface area contributed by atoms with Crippen molar-refractivity contribution in [3.63, 3.8) is 0 Å². The maximum Gasteiger partial charge on any atom is 0.191 e. The van der Waals surface area contributed by atoms with Gasteiger partial charge in [-0.15, -0.1) is 0 Å². The molecule has 2 N–H and O–H groups in total. The Bertz CT molecular complexity index is 778. The maximum atomic E-state index is 4.74. The van der Waals surface area contributed by atoms with Gasteiger partial charge in [-0.05, 0) is 56.1 Å². The molecule has 156 valence electrons. The molecule has 1 aromatic heterocycles. The number of pyridine rings is 1. The lowest BCUT2D eigenvalue weighted by atomic mass is 10.1. The average molecular weight is 395 g/mol. The Balaban J connectivity index is 1.55. The van der Waals surface area contributed by atoms with E-state index in [1.54, 1.807) is 0 Å². The van der Waals surface area contributed by atoms with Crippen molar-refractivity contribution in [2.45, 2.75) is 39.4 Å². The summed E-state index contributed by atoms with van der Waals surface area (Å²) in [4.78, 5) is 13.9. The number of hydrogen-bond donors (Lipinski definition) is 2. The minimum Gasteiger partial charge on any atom is -0.363 e. The Morgan fingerprint density at radius 3 is 2.45 bits per heavy atom. The zero-order chi connectivity index (χ0) is 20.5. The van der Waals surface area contributed by atoms with Crippen LogP contribution in [0.25, 0.3) is 0 Å². The average Bonchev–Trinajstić information content (AvgIpc) is 3.24. The summed E-state index contributed by atoms with van der Waals surface area (Å²) in [6, 6.07) is 14.9. The van der Waals surface area contributed by atoms with Gasteiger partial charge in [-0.3, -0.25) is 4.90 Å². The molecule has 3 rings (SSSR count).